The van der Waals surface area contributed by atoms with Gasteiger partial charge in [-0.05, 0) is 12.5 Å². The van der Waals surface area contributed by atoms with E-state index in [1.165, 1.54) is 25.7 Å². The van der Waals surface area contributed by atoms with E-state index in [-0.39, 0.29) is 5.78 Å². The van der Waals surface area contributed by atoms with Crippen molar-refractivity contribution in [3.8, 4) is 0 Å². The summed E-state index contributed by atoms with van der Waals surface area (Å²) < 4.78 is 0. The fourth-order valence-electron chi connectivity index (χ4n) is 1.62. The first-order valence-electron chi connectivity index (χ1n) is 6.15. The van der Waals surface area contributed by atoms with Gasteiger partial charge < -0.3 is 0 Å². The molecule has 0 aliphatic carbocycles. The lowest BCUT2D eigenvalue weighted by Crippen LogP contribution is -2.04. The molecule has 0 N–H and O–H groups in total. The first kappa shape index (κ1) is 12.8. The number of ketones is 1. The highest BCUT2D eigenvalue weighted by Gasteiger charge is 2.06. The van der Waals surface area contributed by atoms with Crippen LogP contribution in [0.4, 0.5) is 0 Å². The van der Waals surface area contributed by atoms with Crippen molar-refractivity contribution in [3.63, 3.8) is 0 Å². The number of rotatable bonds is 8. The highest BCUT2D eigenvalue weighted by molar-refractivity contribution is 5.92. The molecule has 3 heteroatoms. The third-order valence-electron chi connectivity index (χ3n) is 2.57. The van der Waals surface area contributed by atoms with Gasteiger partial charge in [0, 0.05) is 18.8 Å². The molecule has 0 saturated carbocycles. The van der Waals surface area contributed by atoms with E-state index >= 15 is 0 Å². The second kappa shape index (κ2) is 7.97. The molecule has 0 aromatic carbocycles. The lowest BCUT2D eigenvalue weighted by atomic mass is 10.1. The summed E-state index contributed by atoms with van der Waals surface area (Å²) in [4.78, 5) is 19.5. The van der Waals surface area contributed by atoms with E-state index in [9.17, 15) is 4.79 Å². The molecule has 0 unspecified atom stereocenters. The molecule has 0 spiro atoms. The monoisotopic (exact) mass is 220 g/mol. The van der Waals surface area contributed by atoms with E-state index in [2.05, 4.69) is 16.9 Å². The van der Waals surface area contributed by atoms with Crippen LogP contribution in [0.2, 0.25) is 0 Å². The Bertz CT molecular complexity index is 298. The normalized spacial score (nSPS) is 10.3. The van der Waals surface area contributed by atoms with Crippen LogP contribution in [0.1, 0.15) is 62.5 Å². The molecular formula is C13H20N2O. The molecule has 3 nitrogen and oxygen atoms in total. The Morgan fingerprint density at radius 2 is 1.69 bits per heavy atom. The molecule has 0 bridgehead atoms. The number of Topliss-reactive ketones (excluding diaryl/α,β-unsaturated/α-hetero) is 1. The second-order valence-corrected chi connectivity index (χ2v) is 4.01. The molecule has 0 amide bonds. The number of hydrogen-bond donors (Lipinski definition) is 0. The van der Waals surface area contributed by atoms with Gasteiger partial charge in [-0.15, -0.1) is 0 Å². The van der Waals surface area contributed by atoms with Crippen molar-refractivity contribution in [1.82, 2.24) is 9.97 Å². The minimum absolute atomic E-state index is 0.0658. The zero-order valence-electron chi connectivity index (χ0n) is 9.98. The van der Waals surface area contributed by atoms with Gasteiger partial charge in [-0.3, -0.25) is 4.79 Å². The lowest BCUT2D eigenvalue weighted by molar-refractivity contribution is 0.0969. The SMILES string of the molecule is CCCCCCCCC(=O)c1ncccn1. The average Bonchev–Trinajstić information content (AvgIpc) is 2.34. The summed E-state index contributed by atoms with van der Waals surface area (Å²) in [6, 6.07) is 1.72. The molecule has 0 aliphatic rings. The van der Waals surface area contributed by atoms with E-state index < -0.39 is 0 Å². The van der Waals surface area contributed by atoms with Crippen LogP contribution in [-0.2, 0) is 0 Å². The van der Waals surface area contributed by atoms with Gasteiger partial charge >= 0.3 is 0 Å². The summed E-state index contributed by atoms with van der Waals surface area (Å²) in [6.07, 6.45) is 11.0. The third kappa shape index (κ3) is 5.01. The number of hydrogen-bond acceptors (Lipinski definition) is 3. The van der Waals surface area contributed by atoms with Gasteiger partial charge in [-0.25, -0.2) is 9.97 Å². The summed E-state index contributed by atoms with van der Waals surface area (Å²) in [6.45, 7) is 2.20. The summed E-state index contributed by atoms with van der Waals surface area (Å²) >= 11 is 0. The quantitative estimate of drug-likeness (QED) is 0.498. The van der Waals surface area contributed by atoms with Gasteiger partial charge in [-0.1, -0.05) is 39.0 Å². The Morgan fingerprint density at radius 3 is 2.38 bits per heavy atom. The molecule has 1 aromatic heterocycles. The van der Waals surface area contributed by atoms with Crippen LogP contribution in [0.3, 0.4) is 0 Å². The standard InChI is InChI=1S/C13H20N2O/c1-2-3-4-5-6-7-9-12(16)13-14-10-8-11-15-13/h8,10-11H,2-7,9H2,1H3. The minimum atomic E-state index is 0.0658. The van der Waals surface area contributed by atoms with Gasteiger partial charge in [0.25, 0.3) is 0 Å². The van der Waals surface area contributed by atoms with Gasteiger partial charge in [0.1, 0.15) is 0 Å². The fraction of sp³-hybridized carbons (Fsp3) is 0.615. The van der Waals surface area contributed by atoms with Crippen molar-refractivity contribution in [3.05, 3.63) is 24.3 Å². The molecule has 1 heterocycles. The fourth-order valence-corrected chi connectivity index (χ4v) is 1.62. The van der Waals surface area contributed by atoms with Gasteiger partial charge in [0.15, 0.2) is 11.6 Å². The molecule has 16 heavy (non-hydrogen) atoms. The maximum Gasteiger partial charge on any atom is 0.200 e. The van der Waals surface area contributed by atoms with Crippen molar-refractivity contribution >= 4 is 5.78 Å². The Morgan fingerprint density at radius 1 is 1.06 bits per heavy atom. The second-order valence-electron chi connectivity index (χ2n) is 4.01. The maximum atomic E-state index is 11.6. The van der Waals surface area contributed by atoms with Crippen molar-refractivity contribution in [2.24, 2.45) is 0 Å². The van der Waals surface area contributed by atoms with Crippen LogP contribution < -0.4 is 0 Å². The summed E-state index contributed by atoms with van der Waals surface area (Å²) in [5.41, 5.74) is 0. The lowest BCUT2D eigenvalue weighted by Gasteiger charge is -2.00. The van der Waals surface area contributed by atoms with Crippen LogP contribution in [0.5, 0.6) is 0 Å². The molecule has 88 valence electrons. The molecule has 0 atom stereocenters. The molecule has 0 radical (unpaired) electrons. The summed E-state index contributed by atoms with van der Waals surface area (Å²) in [5, 5.41) is 0. The molecular weight excluding hydrogens is 200 g/mol. The van der Waals surface area contributed by atoms with E-state index in [0.29, 0.717) is 12.2 Å². The Kier molecular flexibility index (Phi) is 6.38. The Balaban J connectivity index is 2.12. The number of unbranched alkanes of at least 4 members (excludes halogenated alkanes) is 5. The highest BCUT2D eigenvalue weighted by Crippen LogP contribution is 2.08. The Hall–Kier alpha value is -1.25. The van der Waals surface area contributed by atoms with Crippen molar-refractivity contribution < 1.29 is 4.79 Å². The first-order valence-corrected chi connectivity index (χ1v) is 6.15. The van der Waals surface area contributed by atoms with Crippen LogP contribution in [0, 0.1) is 0 Å². The highest BCUT2D eigenvalue weighted by atomic mass is 16.1. The van der Waals surface area contributed by atoms with E-state index in [1.54, 1.807) is 18.5 Å². The van der Waals surface area contributed by atoms with Crippen molar-refractivity contribution in [1.29, 1.82) is 0 Å². The predicted octanol–water partition coefficient (Wildman–Crippen LogP) is 3.41. The van der Waals surface area contributed by atoms with Gasteiger partial charge in [0.2, 0.25) is 0 Å². The van der Waals surface area contributed by atoms with Crippen LogP contribution in [0.25, 0.3) is 0 Å². The third-order valence-corrected chi connectivity index (χ3v) is 2.57. The van der Waals surface area contributed by atoms with Crippen molar-refractivity contribution in [2.75, 3.05) is 0 Å². The minimum Gasteiger partial charge on any atom is -0.291 e. The number of aromatic nitrogens is 2. The zero-order chi connectivity index (χ0) is 11.6. The van der Waals surface area contributed by atoms with Crippen LogP contribution in [0.15, 0.2) is 18.5 Å². The number of carbonyl (C=O) groups is 1. The largest absolute Gasteiger partial charge is 0.291 e. The van der Waals surface area contributed by atoms with E-state index in [1.807, 2.05) is 0 Å². The van der Waals surface area contributed by atoms with Gasteiger partial charge in [-0.2, -0.15) is 0 Å². The average molecular weight is 220 g/mol. The molecule has 0 fully saturated rings. The molecule has 0 aliphatic heterocycles. The summed E-state index contributed by atoms with van der Waals surface area (Å²) in [5.74, 6) is 0.423. The van der Waals surface area contributed by atoms with Crippen molar-refractivity contribution in [2.45, 2.75) is 51.9 Å². The number of carbonyl (C=O) groups excluding carboxylic acids is 1. The predicted molar refractivity (Wildman–Crippen MR) is 64.4 cm³/mol. The topological polar surface area (TPSA) is 42.9 Å². The first-order chi connectivity index (χ1) is 7.84. The Labute approximate surface area is 97.3 Å². The van der Waals surface area contributed by atoms with Crippen LogP contribution in [-0.4, -0.2) is 15.8 Å². The maximum absolute atomic E-state index is 11.6. The smallest absolute Gasteiger partial charge is 0.200 e. The van der Waals surface area contributed by atoms with E-state index in [0.717, 1.165) is 12.8 Å². The number of nitrogens with zero attached hydrogens (tertiary/aromatic N) is 2. The van der Waals surface area contributed by atoms with E-state index in [4.69, 9.17) is 0 Å². The summed E-state index contributed by atoms with van der Waals surface area (Å²) in [7, 11) is 0. The molecule has 1 aromatic rings. The van der Waals surface area contributed by atoms with Crippen LogP contribution >= 0.6 is 0 Å². The molecule has 0 saturated heterocycles. The van der Waals surface area contributed by atoms with Gasteiger partial charge in [0.05, 0.1) is 0 Å². The zero-order valence-corrected chi connectivity index (χ0v) is 9.98. The molecule has 1 rings (SSSR count).